The quantitative estimate of drug-likeness (QED) is 0.513. The van der Waals surface area contributed by atoms with Crippen LogP contribution in [0, 0.1) is 30.0 Å². The molecule has 4 atom stereocenters. The van der Waals surface area contributed by atoms with Crippen molar-refractivity contribution in [2.75, 3.05) is 51.3 Å². The lowest BCUT2D eigenvalue weighted by Crippen LogP contribution is -2.52. The van der Waals surface area contributed by atoms with Gasteiger partial charge in [-0.2, -0.15) is 0 Å². The minimum absolute atomic E-state index is 0.0740. The number of aromatic nitrogens is 1. The summed E-state index contributed by atoms with van der Waals surface area (Å²) in [5.41, 5.74) is 0.927. The van der Waals surface area contributed by atoms with E-state index in [2.05, 4.69) is 33.1 Å². The van der Waals surface area contributed by atoms with Crippen molar-refractivity contribution in [3.05, 3.63) is 35.0 Å². The molecular formula is C29H34FN5O4S. The third kappa shape index (κ3) is 5.61. The van der Waals surface area contributed by atoms with Crippen molar-refractivity contribution in [1.29, 1.82) is 0 Å². The standard InChI is InChI=1S/C29H34FN5O4S/c1-5-18-14-35(25-24(36)15-39-26(18)25)28(38)22(12-17(2)3)31-27(37)19-6-7-20(21(30)13-19)23-16-40-29(32-23)34-10-8-33(4)9-11-34/h1,6-7,13,16-18,22,25-26H,8-12,14-15H2,2-4H3,(H,31,37)/t18?,22-,25?,26+/m0/s1. The van der Waals surface area contributed by atoms with Gasteiger partial charge in [-0.3, -0.25) is 14.4 Å². The predicted octanol–water partition coefficient (Wildman–Crippen LogP) is 2.27. The molecule has 3 aliphatic heterocycles. The van der Waals surface area contributed by atoms with E-state index in [-0.39, 0.29) is 42.2 Å². The number of ether oxygens (including phenoxy) is 1. The molecule has 2 amide bonds. The van der Waals surface area contributed by atoms with Gasteiger partial charge < -0.3 is 24.8 Å². The molecule has 212 valence electrons. The molecule has 2 aromatic rings. The molecule has 0 saturated carbocycles. The van der Waals surface area contributed by atoms with E-state index in [1.54, 1.807) is 6.07 Å². The van der Waals surface area contributed by atoms with Crippen molar-refractivity contribution in [1.82, 2.24) is 20.1 Å². The molecule has 9 nitrogen and oxygen atoms in total. The van der Waals surface area contributed by atoms with Crippen LogP contribution in [-0.2, 0) is 14.3 Å². The lowest BCUT2D eigenvalue weighted by atomic mass is 10.0. The van der Waals surface area contributed by atoms with Gasteiger partial charge >= 0.3 is 0 Å². The Labute approximate surface area is 237 Å². The number of thiazole rings is 1. The second-order valence-corrected chi connectivity index (χ2v) is 11.9. The van der Waals surface area contributed by atoms with Crippen LogP contribution in [0.3, 0.4) is 0 Å². The Morgan fingerprint density at radius 2 is 2.02 bits per heavy atom. The minimum Gasteiger partial charge on any atom is -0.366 e. The maximum absolute atomic E-state index is 15.2. The summed E-state index contributed by atoms with van der Waals surface area (Å²) in [5, 5.41) is 5.45. The number of rotatable bonds is 7. The number of Topliss-reactive ketones (excluding diaryl/α,β-unsaturated/α-hetero) is 1. The third-order valence-electron chi connectivity index (χ3n) is 7.77. The van der Waals surface area contributed by atoms with Gasteiger partial charge in [-0.1, -0.05) is 19.8 Å². The Morgan fingerprint density at radius 1 is 1.27 bits per heavy atom. The molecule has 0 bridgehead atoms. The van der Waals surface area contributed by atoms with Gasteiger partial charge in [-0.05, 0) is 37.6 Å². The molecule has 40 heavy (non-hydrogen) atoms. The number of fused-ring (bicyclic) bond motifs is 1. The number of piperazine rings is 1. The normalized spacial score (nSPS) is 23.8. The average Bonchev–Trinajstić information content (AvgIpc) is 3.65. The number of likely N-dealkylation sites (tertiary alicyclic amines) is 1. The van der Waals surface area contributed by atoms with E-state index in [0.717, 1.165) is 31.3 Å². The zero-order valence-corrected chi connectivity index (χ0v) is 23.7. The van der Waals surface area contributed by atoms with Crippen LogP contribution in [0.25, 0.3) is 11.3 Å². The number of amides is 2. The highest BCUT2D eigenvalue weighted by molar-refractivity contribution is 7.14. The Hall–Kier alpha value is -3.33. The van der Waals surface area contributed by atoms with E-state index >= 15 is 4.39 Å². The van der Waals surface area contributed by atoms with Crippen molar-refractivity contribution >= 4 is 34.1 Å². The molecule has 1 aromatic heterocycles. The zero-order valence-electron chi connectivity index (χ0n) is 22.9. The predicted molar refractivity (Wildman–Crippen MR) is 150 cm³/mol. The second-order valence-electron chi connectivity index (χ2n) is 11.1. The molecule has 11 heteroatoms. The van der Waals surface area contributed by atoms with Gasteiger partial charge in [-0.15, -0.1) is 17.8 Å². The van der Waals surface area contributed by atoms with Crippen LogP contribution in [-0.4, -0.2) is 96.9 Å². The van der Waals surface area contributed by atoms with Crippen LogP contribution in [0.4, 0.5) is 9.52 Å². The van der Waals surface area contributed by atoms with Gasteiger partial charge in [0.15, 0.2) is 10.9 Å². The summed E-state index contributed by atoms with van der Waals surface area (Å²) in [4.78, 5) is 49.8. The monoisotopic (exact) mass is 567 g/mol. The van der Waals surface area contributed by atoms with Gasteiger partial charge in [0.1, 0.15) is 30.6 Å². The first-order chi connectivity index (χ1) is 19.2. The summed E-state index contributed by atoms with van der Waals surface area (Å²) in [6.45, 7) is 7.60. The Kier molecular flexibility index (Phi) is 8.21. The lowest BCUT2D eigenvalue weighted by Gasteiger charge is -2.32. The molecule has 5 rings (SSSR count). The average molecular weight is 568 g/mol. The number of ketones is 1. The van der Waals surface area contributed by atoms with Crippen LogP contribution in [0.5, 0.6) is 0 Å². The van der Waals surface area contributed by atoms with Crippen LogP contribution in [0.2, 0.25) is 0 Å². The molecule has 3 aliphatic rings. The topological polar surface area (TPSA) is 95.1 Å². The Morgan fingerprint density at radius 3 is 2.70 bits per heavy atom. The minimum atomic E-state index is -0.898. The lowest BCUT2D eigenvalue weighted by molar-refractivity contribution is -0.138. The van der Waals surface area contributed by atoms with Crippen molar-refractivity contribution < 1.29 is 23.5 Å². The number of terminal acetylenes is 1. The second kappa shape index (κ2) is 11.6. The van der Waals surface area contributed by atoms with E-state index in [4.69, 9.17) is 11.2 Å². The summed E-state index contributed by atoms with van der Waals surface area (Å²) < 4.78 is 20.8. The SMILES string of the molecule is C#CC1CN(C(=O)[C@H](CC(C)C)NC(=O)c2ccc(-c3csc(N4CCN(C)CC4)n3)c(F)c2)C2C(=O)CO[C@H]12. The Bertz CT molecular complexity index is 1330. The highest BCUT2D eigenvalue weighted by Gasteiger charge is 2.52. The van der Waals surface area contributed by atoms with Crippen molar-refractivity contribution in [2.45, 2.75) is 38.5 Å². The number of hydrogen-bond acceptors (Lipinski definition) is 8. The van der Waals surface area contributed by atoms with E-state index in [1.807, 2.05) is 19.2 Å². The molecule has 4 heterocycles. The van der Waals surface area contributed by atoms with Crippen LogP contribution < -0.4 is 10.2 Å². The molecule has 3 saturated heterocycles. The van der Waals surface area contributed by atoms with Crippen molar-refractivity contribution in [3.8, 4) is 23.6 Å². The van der Waals surface area contributed by atoms with Crippen LogP contribution >= 0.6 is 11.3 Å². The number of carbonyl (C=O) groups excluding carboxylic acids is 3. The third-order valence-corrected chi connectivity index (χ3v) is 8.67. The largest absolute Gasteiger partial charge is 0.366 e. The molecule has 1 N–H and O–H groups in total. The molecule has 3 fully saturated rings. The van der Waals surface area contributed by atoms with E-state index < -0.39 is 29.9 Å². The smallest absolute Gasteiger partial charge is 0.252 e. The first kappa shape index (κ1) is 28.2. The summed E-state index contributed by atoms with van der Waals surface area (Å²) in [6, 6.07) is 2.61. The molecule has 0 aliphatic carbocycles. The van der Waals surface area contributed by atoms with E-state index in [0.29, 0.717) is 17.7 Å². The molecule has 2 unspecified atom stereocenters. The number of nitrogens with zero attached hydrogens (tertiary/aromatic N) is 4. The molecule has 0 spiro atoms. The maximum atomic E-state index is 15.2. The first-order valence-electron chi connectivity index (χ1n) is 13.6. The molecular weight excluding hydrogens is 533 g/mol. The number of hydrogen-bond donors (Lipinski definition) is 1. The van der Waals surface area contributed by atoms with Gasteiger partial charge in [0.25, 0.3) is 5.91 Å². The fraction of sp³-hybridized carbons (Fsp3) is 0.517. The number of carbonyl (C=O) groups is 3. The van der Waals surface area contributed by atoms with Gasteiger partial charge in [0.2, 0.25) is 5.91 Å². The Balaban J connectivity index is 1.30. The van der Waals surface area contributed by atoms with Crippen molar-refractivity contribution in [2.24, 2.45) is 11.8 Å². The number of benzene rings is 1. The number of halogens is 1. The summed E-state index contributed by atoms with van der Waals surface area (Å²) in [7, 11) is 2.08. The van der Waals surface area contributed by atoms with Gasteiger partial charge in [0, 0.05) is 49.2 Å². The highest BCUT2D eigenvalue weighted by Crippen LogP contribution is 2.33. The molecule has 0 radical (unpaired) electrons. The van der Waals surface area contributed by atoms with Crippen molar-refractivity contribution in [3.63, 3.8) is 0 Å². The number of anilines is 1. The molecule has 1 aromatic carbocycles. The van der Waals surface area contributed by atoms with E-state index in [1.165, 1.54) is 28.4 Å². The van der Waals surface area contributed by atoms with E-state index in [9.17, 15) is 14.4 Å². The number of likely N-dealkylation sites (N-methyl/N-ethyl adjacent to an activating group) is 1. The zero-order chi connectivity index (χ0) is 28.6. The number of nitrogens with one attached hydrogen (secondary N) is 1. The fourth-order valence-electron chi connectivity index (χ4n) is 5.56. The van der Waals surface area contributed by atoms with Crippen LogP contribution in [0.15, 0.2) is 23.6 Å². The highest BCUT2D eigenvalue weighted by atomic mass is 32.1. The van der Waals surface area contributed by atoms with Crippen LogP contribution in [0.1, 0.15) is 30.6 Å². The first-order valence-corrected chi connectivity index (χ1v) is 14.4. The fourth-order valence-corrected chi connectivity index (χ4v) is 6.44. The van der Waals surface area contributed by atoms with Gasteiger partial charge in [-0.25, -0.2) is 9.37 Å². The summed E-state index contributed by atoms with van der Waals surface area (Å²) in [5.74, 6) is 0.595. The maximum Gasteiger partial charge on any atom is 0.252 e. The summed E-state index contributed by atoms with van der Waals surface area (Å²) >= 11 is 1.47. The summed E-state index contributed by atoms with van der Waals surface area (Å²) in [6.07, 6.45) is 5.45. The van der Waals surface area contributed by atoms with Gasteiger partial charge in [0.05, 0.1) is 11.6 Å².